The van der Waals surface area contributed by atoms with Crippen LogP contribution in [0.25, 0.3) is 11.4 Å². The van der Waals surface area contributed by atoms with Gasteiger partial charge in [-0.2, -0.15) is 0 Å². The van der Waals surface area contributed by atoms with Crippen LogP contribution in [-0.4, -0.2) is 86.1 Å². The van der Waals surface area contributed by atoms with Gasteiger partial charge < -0.3 is 20.0 Å². The Kier molecular flexibility index (Phi) is 6.95. The molecule has 2 aromatic rings. The number of hydrogen-bond acceptors (Lipinski definition) is 6. The first-order valence-electron chi connectivity index (χ1n) is 9.84. The number of carbonyl (C=O) groups excluding carboxylic acids is 1. The molecule has 1 amide bonds. The van der Waals surface area contributed by atoms with E-state index in [2.05, 4.69) is 32.0 Å². The zero-order valence-corrected chi connectivity index (χ0v) is 17.1. The van der Waals surface area contributed by atoms with Gasteiger partial charge in [0.1, 0.15) is 11.5 Å². The lowest BCUT2D eigenvalue weighted by atomic mass is 10.2. The van der Waals surface area contributed by atoms with Crippen LogP contribution in [0.15, 0.2) is 36.4 Å². The van der Waals surface area contributed by atoms with Gasteiger partial charge in [-0.1, -0.05) is 30.3 Å². The first-order chi connectivity index (χ1) is 13.5. The number of anilines is 1. The number of likely N-dealkylation sites (N-methyl/N-ethyl adjacent to an activating group) is 1. The molecule has 1 aliphatic heterocycles. The summed E-state index contributed by atoms with van der Waals surface area (Å²) in [7, 11) is 6.18. The Balaban J connectivity index is 1.82. The SMILES string of the molecule is CN(C)CCCNC(=O)c1cc(N2CCN(C)CC2)nc(-c2ccccc2)n1. The van der Waals surface area contributed by atoms with Gasteiger partial charge in [0.2, 0.25) is 0 Å². The van der Waals surface area contributed by atoms with Crippen molar-refractivity contribution in [3.8, 4) is 11.4 Å². The first-order valence-corrected chi connectivity index (χ1v) is 9.84. The molecule has 7 heteroatoms. The van der Waals surface area contributed by atoms with Gasteiger partial charge in [-0.3, -0.25) is 4.79 Å². The highest BCUT2D eigenvalue weighted by atomic mass is 16.1. The second kappa shape index (κ2) is 9.61. The summed E-state index contributed by atoms with van der Waals surface area (Å²) in [5.41, 5.74) is 1.34. The molecule has 0 aliphatic carbocycles. The second-order valence-corrected chi connectivity index (χ2v) is 7.50. The van der Waals surface area contributed by atoms with Crippen molar-refractivity contribution in [3.05, 3.63) is 42.1 Å². The zero-order valence-electron chi connectivity index (χ0n) is 17.1. The summed E-state index contributed by atoms with van der Waals surface area (Å²) >= 11 is 0. The van der Waals surface area contributed by atoms with Gasteiger partial charge in [0.25, 0.3) is 5.91 Å². The Bertz CT molecular complexity index is 772. The molecule has 28 heavy (non-hydrogen) atoms. The fraction of sp³-hybridized carbons (Fsp3) is 0.476. The summed E-state index contributed by atoms with van der Waals surface area (Å²) in [6.07, 6.45) is 0.903. The van der Waals surface area contributed by atoms with Crippen LogP contribution in [0.1, 0.15) is 16.9 Å². The molecule has 1 aromatic heterocycles. The summed E-state index contributed by atoms with van der Waals surface area (Å²) in [4.78, 5) is 28.7. The molecule has 7 nitrogen and oxygen atoms in total. The molecule has 1 saturated heterocycles. The normalized spacial score (nSPS) is 15.1. The van der Waals surface area contributed by atoms with Crippen LogP contribution in [-0.2, 0) is 0 Å². The Morgan fingerprint density at radius 3 is 2.50 bits per heavy atom. The fourth-order valence-corrected chi connectivity index (χ4v) is 3.15. The van der Waals surface area contributed by atoms with E-state index in [0.29, 0.717) is 18.1 Å². The molecule has 3 rings (SSSR count). The van der Waals surface area contributed by atoms with E-state index in [9.17, 15) is 4.79 Å². The molecule has 2 heterocycles. The van der Waals surface area contributed by atoms with E-state index >= 15 is 0 Å². The molecule has 0 saturated carbocycles. The van der Waals surface area contributed by atoms with Gasteiger partial charge in [-0.15, -0.1) is 0 Å². The van der Waals surface area contributed by atoms with Crippen molar-refractivity contribution in [2.24, 2.45) is 0 Å². The van der Waals surface area contributed by atoms with Crippen molar-refractivity contribution in [2.45, 2.75) is 6.42 Å². The maximum atomic E-state index is 12.7. The van der Waals surface area contributed by atoms with Crippen molar-refractivity contribution < 1.29 is 4.79 Å². The highest BCUT2D eigenvalue weighted by molar-refractivity contribution is 5.93. The fourth-order valence-electron chi connectivity index (χ4n) is 3.15. The molecule has 0 atom stereocenters. The third-order valence-electron chi connectivity index (χ3n) is 4.87. The van der Waals surface area contributed by atoms with Gasteiger partial charge in [0.05, 0.1) is 0 Å². The number of nitrogens with one attached hydrogen (secondary N) is 1. The second-order valence-electron chi connectivity index (χ2n) is 7.50. The molecular weight excluding hydrogens is 352 g/mol. The Morgan fingerprint density at radius 2 is 1.82 bits per heavy atom. The molecule has 1 aromatic carbocycles. The molecule has 0 bridgehead atoms. The Labute approximate surface area is 167 Å². The van der Waals surface area contributed by atoms with Crippen LogP contribution in [0.4, 0.5) is 5.82 Å². The molecule has 150 valence electrons. The third-order valence-corrected chi connectivity index (χ3v) is 4.87. The highest BCUT2D eigenvalue weighted by Gasteiger charge is 2.19. The first kappa shape index (κ1) is 20.2. The molecular formula is C21H30N6O. The Morgan fingerprint density at radius 1 is 1.11 bits per heavy atom. The Hall–Kier alpha value is -2.51. The molecule has 0 unspecified atom stereocenters. The van der Waals surface area contributed by atoms with E-state index in [1.54, 1.807) is 0 Å². The summed E-state index contributed by atoms with van der Waals surface area (Å²) in [6, 6.07) is 11.7. The van der Waals surface area contributed by atoms with Crippen molar-refractivity contribution >= 4 is 11.7 Å². The quantitative estimate of drug-likeness (QED) is 0.734. The number of carbonyl (C=O) groups is 1. The largest absolute Gasteiger partial charge is 0.354 e. The van der Waals surface area contributed by atoms with Crippen LogP contribution in [0.2, 0.25) is 0 Å². The summed E-state index contributed by atoms with van der Waals surface area (Å²) < 4.78 is 0. The topological polar surface area (TPSA) is 64.6 Å². The van der Waals surface area contributed by atoms with E-state index in [-0.39, 0.29) is 5.91 Å². The van der Waals surface area contributed by atoms with Crippen molar-refractivity contribution in [1.82, 2.24) is 25.1 Å². The van der Waals surface area contributed by atoms with E-state index in [1.807, 2.05) is 50.5 Å². The van der Waals surface area contributed by atoms with E-state index in [4.69, 9.17) is 4.98 Å². The minimum absolute atomic E-state index is 0.145. The predicted octanol–water partition coefficient (Wildman–Crippen LogP) is 1.58. The van der Waals surface area contributed by atoms with Crippen LogP contribution < -0.4 is 10.2 Å². The summed E-state index contributed by atoms with van der Waals surface area (Å²) in [5.74, 6) is 1.27. The number of rotatable bonds is 7. The number of piperazine rings is 1. The lowest BCUT2D eigenvalue weighted by molar-refractivity contribution is 0.0947. The van der Waals surface area contributed by atoms with Crippen LogP contribution in [0, 0.1) is 0 Å². The number of hydrogen-bond donors (Lipinski definition) is 1. The number of nitrogens with zero attached hydrogens (tertiary/aromatic N) is 5. The molecule has 0 radical (unpaired) electrons. The van der Waals surface area contributed by atoms with Gasteiger partial charge in [0, 0.05) is 44.4 Å². The predicted molar refractivity (Wildman–Crippen MR) is 113 cm³/mol. The maximum absolute atomic E-state index is 12.7. The monoisotopic (exact) mass is 382 g/mol. The van der Waals surface area contributed by atoms with Crippen molar-refractivity contribution in [3.63, 3.8) is 0 Å². The number of benzene rings is 1. The molecule has 0 spiro atoms. The van der Waals surface area contributed by atoms with Gasteiger partial charge in [-0.05, 0) is 34.1 Å². The number of aromatic nitrogens is 2. The minimum atomic E-state index is -0.145. The molecule has 1 N–H and O–H groups in total. The van der Waals surface area contributed by atoms with Crippen molar-refractivity contribution in [2.75, 3.05) is 65.3 Å². The third kappa shape index (κ3) is 5.50. The average molecular weight is 383 g/mol. The lowest BCUT2D eigenvalue weighted by Gasteiger charge is -2.33. The van der Waals surface area contributed by atoms with E-state index in [0.717, 1.165) is 50.5 Å². The zero-order chi connectivity index (χ0) is 19.9. The van der Waals surface area contributed by atoms with Crippen molar-refractivity contribution in [1.29, 1.82) is 0 Å². The van der Waals surface area contributed by atoms with Gasteiger partial charge in [0.15, 0.2) is 5.82 Å². The van der Waals surface area contributed by atoms with E-state index in [1.165, 1.54) is 0 Å². The molecule has 1 fully saturated rings. The average Bonchev–Trinajstić information content (AvgIpc) is 2.72. The van der Waals surface area contributed by atoms with E-state index < -0.39 is 0 Å². The maximum Gasteiger partial charge on any atom is 0.270 e. The minimum Gasteiger partial charge on any atom is -0.354 e. The smallest absolute Gasteiger partial charge is 0.270 e. The van der Waals surface area contributed by atoms with Crippen LogP contribution in [0.3, 0.4) is 0 Å². The highest BCUT2D eigenvalue weighted by Crippen LogP contribution is 2.21. The number of amides is 1. The summed E-state index contributed by atoms with van der Waals surface area (Å²) in [5, 5.41) is 2.99. The summed E-state index contributed by atoms with van der Waals surface area (Å²) in [6.45, 7) is 5.32. The van der Waals surface area contributed by atoms with Crippen LogP contribution >= 0.6 is 0 Å². The standard InChI is InChI=1S/C21H30N6O/c1-25(2)11-7-10-22-21(28)18-16-19(27-14-12-26(3)13-15-27)24-20(23-18)17-8-5-4-6-9-17/h4-6,8-9,16H,7,10-15H2,1-3H3,(H,22,28). The van der Waals surface area contributed by atoms with Crippen LogP contribution in [0.5, 0.6) is 0 Å². The lowest BCUT2D eigenvalue weighted by Crippen LogP contribution is -2.45. The van der Waals surface area contributed by atoms with Gasteiger partial charge >= 0.3 is 0 Å². The molecule has 1 aliphatic rings. The van der Waals surface area contributed by atoms with Gasteiger partial charge in [-0.25, -0.2) is 9.97 Å².